The third-order valence-corrected chi connectivity index (χ3v) is 7.88. The normalized spacial score (nSPS) is 29.3. The minimum Gasteiger partial charge on any atom is -0.386 e. The Labute approximate surface area is 158 Å². The van der Waals surface area contributed by atoms with Crippen LogP contribution in [0.25, 0.3) is 10.1 Å². The van der Waals surface area contributed by atoms with E-state index in [1.165, 1.54) is 50.1 Å². The molecule has 1 amide bonds. The van der Waals surface area contributed by atoms with Crippen molar-refractivity contribution in [3.63, 3.8) is 0 Å². The second-order valence-electron chi connectivity index (χ2n) is 8.77. The zero-order valence-corrected chi connectivity index (χ0v) is 16.2. The summed E-state index contributed by atoms with van der Waals surface area (Å²) in [5.41, 5.74) is 0.234. The predicted octanol–water partition coefficient (Wildman–Crippen LogP) is 3.49. The van der Waals surface area contributed by atoms with E-state index < -0.39 is 5.60 Å². The molecule has 1 aromatic heterocycles. The van der Waals surface area contributed by atoms with Gasteiger partial charge in [0.25, 0.3) is 5.91 Å². The average Bonchev–Trinajstić information content (AvgIpc) is 3.26. The van der Waals surface area contributed by atoms with Crippen LogP contribution in [-0.4, -0.2) is 40.6 Å². The van der Waals surface area contributed by atoms with Crippen LogP contribution in [0.15, 0.2) is 24.3 Å². The fourth-order valence-corrected chi connectivity index (χ4v) is 6.42. The second kappa shape index (κ2) is 5.54. The van der Waals surface area contributed by atoms with Crippen LogP contribution in [0.3, 0.4) is 0 Å². The Bertz CT molecular complexity index is 870. The van der Waals surface area contributed by atoms with Crippen LogP contribution < -0.4 is 5.32 Å². The number of nitrogens with one attached hydrogen (secondary N) is 1. The number of piperidine rings is 3. The molecule has 5 heteroatoms. The molecule has 4 heterocycles. The summed E-state index contributed by atoms with van der Waals surface area (Å²) >= 11 is 1.50. The Hall–Kier alpha value is -1.43. The Morgan fingerprint density at radius 3 is 2.69 bits per heavy atom. The number of aliphatic hydroxyl groups is 1. The summed E-state index contributed by atoms with van der Waals surface area (Å²) in [4.78, 5) is 16.4. The van der Waals surface area contributed by atoms with E-state index in [-0.39, 0.29) is 11.4 Å². The first-order valence-corrected chi connectivity index (χ1v) is 10.5. The van der Waals surface area contributed by atoms with Gasteiger partial charge in [-0.15, -0.1) is 11.3 Å². The largest absolute Gasteiger partial charge is 0.386 e. The molecule has 2 N–H and O–H groups in total. The monoisotopic (exact) mass is 370 g/mol. The van der Waals surface area contributed by atoms with Crippen LogP contribution in [0.4, 0.5) is 0 Å². The lowest BCUT2D eigenvalue weighted by Gasteiger charge is -2.52. The van der Waals surface area contributed by atoms with Gasteiger partial charge in [0.1, 0.15) is 0 Å². The van der Waals surface area contributed by atoms with E-state index in [2.05, 4.69) is 10.2 Å². The summed E-state index contributed by atoms with van der Waals surface area (Å²) in [5.74, 6) is 0.686. The van der Waals surface area contributed by atoms with Gasteiger partial charge < -0.3 is 10.4 Å². The number of hydrogen-bond donors (Lipinski definition) is 2. The zero-order chi connectivity index (χ0) is 18.1. The van der Waals surface area contributed by atoms with Gasteiger partial charge in [-0.2, -0.15) is 0 Å². The van der Waals surface area contributed by atoms with E-state index in [1.807, 2.05) is 24.3 Å². The highest BCUT2D eigenvalue weighted by Gasteiger charge is 2.60. The first-order chi connectivity index (χ1) is 12.4. The molecule has 2 aromatic rings. The molecule has 26 heavy (non-hydrogen) atoms. The molecule has 2 bridgehead atoms. The molecule has 0 unspecified atom stereocenters. The number of carbonyl (C=O) groups is 1. The van der Waals surface area contributed by atoms with Crippen molar-refractivity contribution in [2.24, 2.45) is 5.92 Å². The molecule has 4 fully saturated rings. The number of nitrogens with zero attached hydrogens (tertiary/aromatic N) is 1. The molecule has 1 aromatic carbocycles. The minimum absolute atomic E-state index is 0.0536. The lowest BCUT2D eigenvalue weighted by atomic mass is 9.77. The van der Waals surface area contributed by atoms with Crippen molar-refractivity contribution in [3.05, 3.63) is 34.7 Å². The number of rotatable bonds is 3. The third kappa shape index (κ3) is 2.44. The van der Waals surface area contributed by atoms with Crippen molar-refractivity contribution in [1.29, 1.82) is 0 Å². The Morgan fingerprint density at radius 1 is 1.31 bits per heavy atom. The first-order valence-electron chi connectivity index (χ1n) is 9.70. The highest BCUT2D eigenvalue weighted by atomic mass is 32.1. The maximum absolute atomic E-state index is 13.1. The van der Waals surface area contributed by atoms with Gasteiger partial charge in [0.15, 0.2) is 0 Å². The van der Waals surface area contributed by atoms with Crippen molar-refractivity contribution >= 4 is 27.3 Å². The molecule has 6 rings (SSSR count). The number of fused-ring (bicyclic) bond motifs is 3. The van der Waals surface area contributed by atoms with Crippen molar-refractivity contribution in [2.75, 3.05) is 13.1 Å². The Balaban J connectivity index is 1.44. The fraction of sp³-hybridized carbons (Fsp3) is 0.571. The van der Waals surface area contributed by atoms with Crippen molar-refractivity contribution < 1.29 is 9.90 Å². The van der Waals surface area contributed by atoms with Gasteiger partial charge in [-0.05, 0) is 70.0 Å². The molecule has 4 nitrogen and oxygen atoms in total. The number of benzene rings is 1. The van der Waals surface area contributed by atoms with Crippen LogP contribution in [0.5, 0.6) is 0 Å². The molecule has 138 valence electrons. The van der Waals surface area contributed by atoms with Crippen LogP contribution >= 0.6 is 11.3 Å². The van der Waals surface area contributed by atoms with Gasteiger partial charge in [-0.1, -0.05) is 18.2 Å². The number of thiophene rings is 1. The minimum atomic E-state index is -0.911. The average molecular weight is 371 g/mol. The van der Waals surface area contributed by atoms with E-state index >= 15 is 0 Å². The zero-order valence-electron chi connectivity index (χ0n) is 15.4. The molecule has 1 spiro atoms. The van der Waals surface area contributed by atoms with Crippen molar-refractivity contribution in [3.8, 4) is 0 Å². The van der Waals surface area contributed by atoms with Crippen LogP contribution in [0, 0.1) is 5.92 Å². The topological polar surface area (TPSA) is 52.6 Å². The van der Waals surface area contributed by atoms with Crippen LogP contribution in [0.1, 0.15) is 54.8 Å². The van der Waals surface area contributed by atoms with Crippen molar-refractivity contribution in [1.82, 2.24) is 10.2 Å². The summed E-state index contributed by atoms with van der Waals surface area (Å²) in [7, 11) is 0. The molecule has 3 saturated heterocycles. The molecule has 1 atom stereocenters. The van der Waals surface area contributed by atoms with E-state index in [4.69, 9.17) is 0 Å². The van der Waals surface area contributed by atoms with E-state index in [9.17, 15) is 9.90 Å². The molecular formula is C21H26N2O2S. The lowest BCUT2D eigenvalue weighted by Crippen LogP contribution is -2.65. The van der Waals surface area contributed by atoms with Gasteiger partial charge in [-0.25, -0.2) is 0 Å². The van der Waals surface area contributed by atoms with Gasteiger partial charge in [0.05, 0.1) is 16.5 Å². The Morgan fingerprint density at radius 2 is 2.04 bits per heavy atom. The molecule has 3 aliphatic heterocycles. The number of hydrogen-bond acceptors (Lipinski definition) is 4. The Kier molecular flexibility index (Phi) is 3.56. The number of carbonyl (C=O) groups excluding carboxylic acids is 1. The van der Waals surface area contributed by atoms with Crippen LogP contribution in [0.2, 0.25) is 0 Å². The van der Waals surface area contributed by atoms with Gasteiger partial charge >= 0.3 is 0 Å². The second-order valence-corrected chi connectivity index (χ2v) is 9.82. The molecule has 1 aliphatic carbocycles. The maximum atomic E-state index is 13.1. The van der Waals surface area contributed by atoms with Crippen LogP contribution in [-0.2, 0) is 5.60 Å². The molecule has 0 radical (unpaired) electrons. The highest BCUT2D eigenvalue weighted by Crippen LogP contribution is 2.53. The van der Waals surface area contributed by atoms with Gasteiger partial charge in [-0.3, -0.25) is 9.69 Å². The molecule has 4 aliphatic rings. The third-order valence-electron chi connectivity index (χ3n) is 6.70. The van der Waals surface area contributed by atoms with Gasteiger partial charge in [0.2, 0.25) is 0 Å². The summed E-state index contributed by atoms with van der Waals surface area (Å²) in [5, 5.41) is 14.9. The predicted molar refractivity (Wildman–Crippen MR) is 105 cm³/mol. The standard InChI is InChI=1S/C21H26N2O2S/c1-20(2,25)15-5-3-4-14-12-16(26-17(14)15)19(24)22-18-13-6-10-23(11-7-13)21(18)8-9-21/h3-5,12-13,18,25H,6-11H2,1-2H3,(H,22,24)/t18-/m1/s1. The lowest BCUT2D eigenvalue weighted by molar-refractivity contribution is -0.00138. The highest BCUT2D eigenvalue weighted by molar-refractivity contribution is 7.21. The smallest absolute Gasteiger partial charge is 0.261 e. The fourth-order valence-electron chi connectivity index (χ4n) is 5.19. The summed E-state index contributed by atoms with van der Waals surface area (Å²) in [6, 6.07) is 8.21. The van der Waals surface area contributed by atoms with Crippen molar-refractivity contribution in [2.45, 2.75) is 56.7 Å². The van der Waals surface area contributed by atoms with E-state index in [1.54, 1.807) is 13.8 Å². The number of amides is 1. The van der Waals surface area contributed by atoms with E-state index in [0.29, 0.717) is 12.0 Å². The maximum Gasteiger partial charge on any atom is 0.261 e. The van der Waals surface area contributed by atoms with E-state index in [0.717, 1.165) is 20.5 Å². The first kappa shape index (κ1) is 16.7. The summed E-state index contributed by atoms with van der Waals surface area (Å²) in [6.45, 7) is 6.00. The quantitative estimate of drug-likeness (QED) is 0.870. The summed E-state index contributed by atoms with van der Waals surface area (Å²) < 4.78 is 1.01. The molecular weight excluding hydrogens is 344 g/mol. The summed E-state index contributed by atoms with van der Waals surface area (Å²) in [6.07, 6.45) is 4.87. The van der Waals surface area contributed by atoms with Gasteiger partial charge in [0, 0.05) is 15.8 Å². The SMILES string of the molecule is CC(C)(O)c1cccc2cc(C(=O)N[C@@H]3C4CCN(CC4)C34CC4)sc12. The molecule has 1 saturated carbocycles.